The van der Waals surface area contributed by atoms with Crippen molar-refractivity contribution in [1.29, 1.82) is 0 Å². The summed E-state index contributed by atoms with van der Waals surface area (Å²) in [5.41, 5.74) is 0.289. The van der Waals surface area contributed by atoms with Crippen molar-refractivity contribution in [3.63, 3.8) is 0 Å². The maximum absolute atomic E-state index is 12.8. The molecule has 1 amide bonds. The van der Waals surface area contributed by atoms with Crippen LogP contribution >= 0.6 is 27.3 Å². The van der Waals surface area contributed by atoms with Gasteiger partial charge in [-0.15, -0.1) is 11.3 Å². The van der Waals surface area contributed by atoms with Gasteiger partial charge in [-0.05, 0) is 53.0 Å². The minimum absolute atomic E-state index is 0.143. The molecule has 1 aliphatic rings. The molecule has 1 N–H and O–H groups in total. The number of anilines is 1. The average molecular weight is 495 g/mol. The summed E-state index contributed by atoms with van der Waals surface area (Å²) in [7, 11) is -3.57. The SMILES string of the molecule is O=C(Nc1ccnn1Cc1cc(Br)cs1)c1cccc(S(=O)(=O)N2CCCC2)c1. The standard InChI is InChI=1S/C19H19BrN4O3S2/c20-15-11-16(28-13-15)12-24-18(6-7-21-24)22-19(25)14-4-3-5-17(10-14)29(26,27)23-8-1-2-9-23/h3-7,10-11,13H,1-2,8-9,12H2,(H,22,25). The lowest BCUT2D eigenvalue weighted by molar-refractivity contribution is 0.102. The van der Waals surface area contributed by atoms with Gasteiger partial charge in [0, 0.05) is 39.4 Å². The van der Waals surface area contributed by atoms with E-state index in [1.165, 1.54) is 16.4 Å². The molecule has 0 spiro atoms. The fourth-order valence-corrected chi connectivity index (χ4v) is 6.21. The van der Waals surface area contributed by atoms with Crippen LogP contribution in [0, 0.1) is 0 Å². The molecule has 0 saturated carbocycles. The molecule has 0 radical (unpaired) electrons. The molecule has 1 aromatic carbocycles. The van der Waals surface area contributed by atoms with E-state index < -0.39 is 10.0 Å². The van der Waals surface area contributed by atoms with Crippen LogP contribution in [0.25, 0.3) is 0 Å². The number of rotatable bonds is 6. The maximum atomic E-state index is 12.8. The van der Waals surface area contributed by atoms with Crippen LogP contribution in [0.2, 0.25) is 0 Å². The lowest BCUT2D eigenvalue weighted by Gasteiger charge is -2.16. The summed E-state index contributed by atoms with van der Waals surface area (Å²) in [6.07, 6.45) is 3.35. The number of hydrogen-bond donors (Lipinski definition) is 1. The topological polar surface area (TPSA) is 84.3 Å². The molecule has 3 aromatic rings. The van der Waals surface area contributed by atoms with Gasteiger partial charge in [0.15, 0.2) is 0 Å². The van der Waals surface area contributed by atoms with Crippen LogP contribution in [0.4, 0.5) is 5.82 Å². The van der Waals surface area contributed by atoms with E-state index in [1.807, 2.05) is 11.4 Å². The number of halogens is 1. The van der Waals surface area contributed by atoms with Crippen molar-refractivity contribution in [2.75, 3.05) is 18.4 Å². The smallest absolute Gasteiger partial charge is 0.256 e. The predicted octanol–water partition coefficient (Wildman–Crippen LogP) is 3.79. The molecule has 29 heavy (non-hydrogen) atoms. The summed E-state index contributed by atoms with van der Waals surface area (Å²) >= 11 is 5.03. The molecule has 10 heteroatoms. The van der Waals surface area contributed by atoms with Gasteiger partial charge in [0.05, 0.1) is 17.6 Å². The van der Waals surface area contributed by atoms with Gasteiger partial charge < -0.3 is 5.32 Å². The number of amides is 1. The largest absolute Gasteiger partial charge is 0.307 e. The summed E-state index contributed by atoms with van der Waals surface area (Å²) in [4.78, 5) is 14.0. The molecule has 152 valence electrons. The van der Waals surface area contributed by atoms with Crippen LogP contribution in [0.1, 0.15) is 28.1 Å². The van der Waals surface area contributed by atoms with Gasteiger partial charge >= 0.3 is 0 Å². The second kappa shape index (κ2) is 8.39. The van der Waals surface area contributed by atoms with Crippen LogP contribution < -0.4 is 5.32 Å². The summed E-state index contributed by atoms with van der Waals surface area (Å²) in [5, 5.41) is 9.08. The summed E-state index contributed by atoms with van der Waals surface area (Å²) in [6.45, 7) is 1.58. The Morgan fingerprint density at radius 1 is 1.21 bits per heavy atom. The van der Waals surface area contributed by atoms with Crippen LogP contribution in [0.5, 0.6) is 0 Å². The van der Waals surface area contributed by atoms with Crippen molar-refractivity contribution in [2.24, 2.45) is 0 Å². The normalized spacial score (nSPS) is 14.9. The second-order valence-electron chi connectivity index (χ2n) is 6.70. The highest BCUT2D eigenvalue weighted by atomic mass is 79.9. The van der Waals surface area contributed by atoms with Crippen molar-refractivity contribution in [1.82, 2.24) is 14.1 Å². The highest BCUT2D eigenvalue weighted by Crippen LogP contribution is 2.23. The molecule has 7 nitrogen and oxygen atoms in total. The zero-order valence-electron chi connectivity index (χ0n) is 15.4. The Balaban J connectivity index is 1.52. The molecule has 2 aromatic heterocycles. The lowest BCUT2D eigenvalue weighted by Crippen LogP contribution is -2.28. The van der Waals surface area contributed by atoms with E-state index in [9.17, 15) is 13.2 Å². The van der Waals surface area contributed by atoms with E-state index in [-0.39, 0.29) is 16.4 Å². The quantitative estimate of drug-likeness (QED) is 0.564. The Bertz CT molecular complexity index is 1130. The number of aromatic nitrogens is 2. The van der Waals surface area contributed by atoms with Crippen LogP contribution in [0.15, 0.2) is 57.3 Å². The minimum atomic E-state index is -3.57. The number of hydrogen-bond acceptors (Lipinski definition) is 5. The first-order valence-corrected chi connectivity index (χ1v) is 12.2. The van der Waals surface area contributed by atoms with Gasteiger partial charge in [0.2, 0.25) is 10.0 Å². The first-order valence-electron chi connectivity index (χ1n) is 9.10. The molecule has 1 aliphatic heterocycles. The Morgan fingerprint density at radius 3 is 2.72 bits per heavy atom. The van der Waals surface area contributed by atoms with Crippen LogP contribution in [0.3, 0.4) is 0 Å². The second-order valence-corrected chi connectivity index (χ2v) is 10.5. The Hall–Kier alpha value is -2.01. The third-order valence-corrected chi connectivity index (χ3v) is 8.26. The van der Waals surface area contributed by atoms with E-state index in [2.05, 4.69) is 26.3 Å². The van der Waals surface area contributed by atoms with Gasteiger partial charge in [-0.2, -0.15) is 9.40 Å². The molecule has 1 fully saturated rings. The summed E-state index contributed by atoms with van der Waals surface area (Å²) < 4.78 is 29.7. The molecule has 0 aliphatic carbocycles. The minimum Gasteiger partial charge on any atom is -0.307 e. The van der Waals surface area contributed by atoms with Gasteiger partial charge in [0.1, 0.15) is 5.82 Å². The number of benzene rings is 1. The highest BCUT2D eigenvalue weighted by Gasteiger charge is 2.27. The Labute approximate surface area is 181 Å². The Morgan fingerprint density at radius 2 is 2.00 bits per heavy atom. The van der Waals surface area contributed by atoms with E-state index in [4.69, 9.17) is 0 Å². The number of nitrogens with zero attached hydrogens (tertiary/aromatic N) is 3. The number of nitrogens with one attached hydrogen (secondary N) is 1. The fraction of sp³-hybridized carbons (Fsp3) is 0.263. The molecule has 0 bridgehead atoms. The van der Waals surface area contributed by atoms with Gasteiger partial charge in [-0.3, -0.25) is 4.79 Å². The fourth-order valence-electron chi connectivity index (χ4n) is 3.21. The molecule has 1 saturated heterocycles. The zero-order valence-corrected chi connectivity index (χ0v) is 18.6. The highest BCUT2D eigenvalue weighted by molar-refractivity contribution is 9.10. The summed E-state index contributed by atoms with van der Waals surface area (Å²) in [5.74, 6) is 0.171. The van der Waals surface area contributed by atoms with Crippen molar-refractivity contribution in [3.8, 4) is 0 Å². The molecule has 0 unspecified atom stereocenters. The molecule has 3 heterocycles. The van der Waals surface area contributed by atoms with E-state index in [0.29, 0.717) is 25.5 Å². The van der Waals surface area contributed by atoms with E-state index in [1.54, 1.807) is 40.4 Å². The maximum Gasteiger partial charge on any atom is 0.256 e. The third-order valence-electron chi connectivity index (χ3n) is 4.68. The molecule has 0 atom stereocenters. The molecular formula is C19H19BrN4O3S2. The van der Waals surface area contributed by atoms with Crippen molar-refractivity contribution in [3.05, 3.63) is 62.9 Å². The Kier molecular flexibility index (Phi) is 5.86. The zero-order chi connectivity index (χ0) is 20.4. The molecular weight excluding hydrogens is 476 g/mol. The van der Waals surface area contributed by atoms with Gasteiger partial charge in [-0.25, -0.2) is 13.1 Å². The molecule has 4 rings (SSSR count). The summed E-state index contributed by atoms with van der Waals surface area (Å²) in [6, 6.07) is 9.88. The number of sulfonamides is 1. The van der Waals surface area contributed by atoms with Crippen LogP contribution in [-0.4, -0.2) is 41.5 Å². The number of carbonyl (C=O) groups is 1. The van der Waals surface area contributed by atoms with Crippen LogP contribution in [-0.2, 0) is 16.6 Å². The van der Waals surface area contributed by atoms with Crippen molar-refractivity contribution in [2.45, 2.75) is 24.3 Å². The van der Waals surface area contributed by atoms with Crippen molar-refractivity contribution < 1.29 is 13.2 Å². The number of carbonyl (C=O) groups excluding carboxylic acids is 1. The van der Waals surface area contributed by atoms with Gasteiger partial charge in [0.25, 0.3) is 5.91 Å². The monoisotopic (exact) mass is 494 g/mol. The van der Waals surface area contributed by atoms with E-state index >= 15 is 0 Å². The number of thiophene rings is 1. The first-order chi connectivity index (χ1) is 13.9. The van der Waals surface area contributed by atoms with Crippen molar-refractivity contribution >= 4 is 49.0 Å². The predicted molar refractivity (Wildman–Crippen MR) is 116 cm³/mol. The average Bonchev–Trinajstić information content (AvgIpc) is 3.46. The van der Waals surface area contributed by atoms with Gasteiger partial charge in [-0.1, -0.05) is 6.07 Å². The van der Waals surface area contributed by atoms with E-state index in [0.717, 1.165) is 22.2 Å². The third kappa shape index (κ3) is 4.45. The lowest BCUT2D eigenvalue weighted by atomic mass is 10.2. The first kappa shape index (κ1) is 20.3.